The number of anilines is 1. The summed E-state index contributed by atoms with van der Waals surface area (Å²) in [6.07, 6.45) is 2.37. The van der Waals surface area contributed by atoms with Crippen LogP contribution in [-0.4, -0.2) is 17.5 Å². The van der Waals surface area contributed by atoms with Crippen molar-refractivity contribution in [2.45, 2.75) is 6.42 Å². The Morgan fingerprint density at radius 1 is 1.32 bits per heavy atom. The number of carbonyl (C=O) groups is 1. The average Bonchev–Trinajstić information content (AvgIpc) is 2.88. The van der Waals surface area contributed by atoms with Crippen molar-refractivity contribution in [3.8, 4) is 5.75 Å². The molecule has 2 heterocycles. The van der Waals surface area contributed by atoms with Gasteiger partial charge in [0.2, 0.25) is 0 Å². The number of pyridine rings is 1. The first-order valence-corrected chi connectivity index (χ1v) is 6.29. The van der Waals surface area contributed by atoms with Gasteiger partial charge in [0.05, 0.1) is 18.5 Å². The largest absolute Gasteiger partial charge is 0.493 e. The van der Waals surface area contributed by atoms with Crippen LogP contribution in [0.3, 0.4) is 0 Å². The predicted octanol–water partition coefficient (Wildman–Crippen LogP) is 2.92. The molecule has 0 bridgehead atoms. The third kappa shape index (κ3) is 2.53. The van der Waals surface area contributed by atoms with Gasteiger partial charge in [-0.25, -0.2) is 4.98 Å². The van der Waals surface area contributed by atoms with Gasteiger partial charge in [-0.15, -0.1) is 0 Å². The molecule has 0 aliphatic carbocycles. The van der Waals surface area contributed by atoms with Crippen LogP contribution in [0, 0.1) is 0 Å². The fraction of sp³-hybridized carbons (Fsp3) is 0.143. The van der Waals surface area contributed by atoms with E-state index in [0.29, 0.717) is 23.0 Å². The van der Waals surface area contributed by atoms with E-state index >= 15 is 0 Å². The molecule has 19 heavy (non-hydrogen) atoms. The second kappa shape index (κ2) is 4.90. The number of rotatable bonds is 2. The van der Waals surface area contributed by atoms with E-state index in [0.717, 1.165) is 17.7 Å². The molecule has 0 atom stereocenters. The first kappa shape index (κ1) is 12.0. The molecule has 0 unspecified atom stereocenters. The van der Waals surface area contributed by atoms with Crippen LogP contribution in [0.5, 0.6) is 5.75 Å². The van der Waals surface area contributed by atoms with Gasteiger partial charge in [-0.3, -0.25) is 4.79 Å². The Hall–Kier alpha value is -2.07. The topological polar surface area (TPSA) is 51.2 Å². The Morgan fingerprint density at radius 3 is 3.00 bits per heavy atom. The molecule has 96 valence electrons. The van der Waals surface area contributed by atoms with Crippen LogP contribution in [0.1, 0.15) is 15.9 Å². The van der Waals surface area contributed by atoms with Crippen LogP contribution in [0.15, 0.2) is 36.5 Å². The third-order valence-electron chi connectivity index (χ3n) is 2.94. The zero-order valence-electron chi connectivity index (χ0n) is 10.0. The molecule has 4 nitrogen and oxygen atoms in total. The molecule has 1 aliphatic rings. The Balaban J connectivity index is 1.78. The highest BCUT2D eigenvalue weighted by Crippen LogP contribution is 2.26. The summed E-state index contributed by atoms with van der Waals surface area (Å²) in [5, 5.41) is 3.17. The van der Waals surface area contributed by atoms with Gasteiger partial charge in [0.25, 0.3) is 5.91 Å². The number of carbonyl (C=O) groups excluding carboxylic acids is 1. The van der Waals surface area contributed by atoms with Gasteiger partial charge >= 0.3 is 0 Å². The van der Waals surface area contributed by atoms with E-state index in [1.807, 2.05) is 12.1 Å². The number of halogens is 1. The first-order valence-electron chi connectivity index (χ1n) is 5.91. The Labute approximate surface area is 115 Å². The molecule has 0 radical (unpaired) electrons. The van der Waals surface area contributed by atoms with Crippen molar-refractivity contribution in [2.75, 3.05) is 11.9 Å². The number of hydrogen-bond acceptors (Lipinski definition) is 3. The second-order valence-corrected chi connectivity index (χ2v) is 4.63. The Bertz CT molecular complexity index is 626. The summed E-state index contributed by atoms with van der Waals surface area (Å²) in [4.78, 5) is 16.0. The molecule has 0 spiro atoms. The number of amides is 1. The summed E-state index contributed by atoms with van der Waals surface area (Å²) < 4.78 is 5.41. The van der Waals surface area contributed by atoms with Crippen molar-refractivity contribution < 1.29 is 9.53 Å². The lowest BCUT2D eigenvalue weighted by molar-refractivity contribution is 0.102. The van der Waals surface area contributed by atoms with Crippen molar-refractivity contribution in [3.05, 3.63) is 52.8 Å². The van der Waals surface area contributed by atoms with Crippen molar-refractivity contribution in [1.29, 1.82) is 0 Å². The highest BCUT2D eigenvalue weighted by molar-refractivity contribution is 6.29. The maximum atomic E-state index is 12.1. The predicted molar refractivity (Wildman–Crippen MR) is 72.8 cm³/mol. The quantitative estimate of drug-likeness (QED) is 0.857. The molecule has 1 amide bonds. The molecule has 2 aromatic rings. The third-order valence-corrected chi connectivity index (χ3v) is 3.16. The molecule has 1 aromatic heterocycles. The van der Waals surface area contributed by atoms with Crippen molar-refractivity contribution in [3.63, 3.8) is 0 Å². The zero-order chi connectivity index (χ0) is 13.2. The normalized spacial score (nSPS) is 12.7. The maximum absolute atomic E-state index is 12.1. The molecule has 1 aliphatic heterocycles. The first-order chi connectivity index (χ1) is 9.22. The highest BCUT2D eigenvalue weighted by Gasteiger charge is 2.15. The monoisotopic (exact) mass is 274 g/mol. The minimum absolute atomic E-state index is 0.168. The van der Waals surface area contributed by atoms with E-state index in [4.69, 9.17) is 16.3 Å². The minimum Gasteiger partial charge on any atom is -0.493 e. The fourth-order valence-corrected chi connectivity index (χ4v) is 2.09. The van der Waals surface area contributed by atoms with Crippen LogP contribution in [0.25, 0.3) is 0 Å². The number of hydrogen-bond donors (Lipinski definition) is 1. The zero-order valence-corrected chi connectivity index (χ0v) is 10.8. The molecule has 5 heteroatoms. The van der Waals surface area contributed by atoms with Crippen molar-refractivity contribution in [1.82, 2.24) is 4.98 Å². The molecular formula is C14H11ClN2O2. The van der Waals surface area contributed by atoms with Gasteiger partial charge in [-0.05, 0) is 35.9 Å². The van der Waals surface area contributed by atoms with E-state index in [2.05, 4.69) is 10.3 Å². The molecule has 3 rings (SSSR count). The highest BCUT2D eigenvalue weighted by atomic mass is 35.5. The summed E-state index contributed by atoms with van der Waals surface area (Å²) in [6, 6.07) is 8.79. The number of benzene rings is 1. The van der Waals surface area contributed by atoms with Gasteiger partial charge in [-0.2, -0.15) is 0 Å². The van der Waals surface area contributed by atoms with Gasteiger partial charge in [0.15, 0.2) is 0 Å². The summed E-state index contributed by atoms with van der Waals surface area (Å²) in [5.41, 5.74) is 2.30. The fourth-order valence-electron chi connectivity index (χ4n) is 1.98. The summed E-state index contributed by atoms with van der Waals surface area (Å²) in [7, 11) is 0. The Morgan fingerprint density at radius 2 is 2.21 bits per heavy atom. The molecule has 1 N–H and O–H groups in total. The number of nitrogens with one attached hydrogen (secondary N) is 1. The summed E-state index contributed by atoms with van der Waals surface area (Å²) >= 11 is 5.69. The van der Waals surface area contributed by atoms with E-state index in [1.165, 1.54) is 6.20 Å². The standard InChI is InChI=1S/C14H11ClN2O2/c15-13-4-2-11(8-16-13)17-14(18)10-1-3-12-9(7-10)5-6-19-12/h1-4,7-8H,5-6H2,(H,17,18). The average molecular weight is 275 g/mol. The van der Waals surface area contributed by atoms with Crippen LogP contribution >= 0.6 is 11.6 Å². The molecular weight excluding hydrogens is 264 g/mol. The van der Waals surface area contributed by atoms with Crippen LogP contribution in [0.2, 0.25) is 5.15 Å². The molecule has 0 saturated heterocycles. The number of nitrogens with zero attached hydrogens (tertiary/aromatic N) is 1. The molecule has 1 aromatic carbocycles. The van der Waals surface area contributed by atoms with Gasteiger partial charge in [-0.1, -0.05) is 11.6 Å². The number of fused-ring (bicyclic) bond motifs is 1. The lowest BCUT2D eigenvalue weighted by Gasteiger charge is -2.06. The second-order valence-electron chi connectivity index (χ2n) is 4.24. The Kier molecular flexibility index (Phi) is 3.09. The van der Waals surface area contributed by atoms with E-state index in [1.54, 1.807) is 18.2 Å². The maximum Gasteiger partial charge on any atom is 0.255 e. The summed E-state index contributed by atoms with van der Waals surface area (Å²) in [6.45, 7) is 0.682. The lowest BCUT2D eigenvalue weighted by atomic mass is 10.1. The number of ether oxygens (including phenoxy) is 1. The van der Waals surface area contributed by atoms with Crippen molar-refractivity contribution >= 4 is 23.2 Å². The van der Waals surface area contributed by atoms with Crippen LogP contribution in [-0.2, 0) is 6.42 Å². The van der Waals surface area contributed by atoms with Gasteiger partial charge in [0.1, 0.15) is 10.9 Å². The SMILES string of the molecule is O=C(Nc1ccc(Cl)nc1)c1ccc2c(c1)CCO2. The van der Waals surface area contributed by atoms with Crippen LogP contribution in [0.4, 0.5) is 5.69 Å². The van der Waals surface area contributed by atoms with Gasteiger partial charge in [0, 0.05) is 12.0 Å². The van der Waals surface area contributed by atoms with E-state index in [-0.39, 0.29) is 5.91 Å². The molecule has 0 saturated carbocycles. The van der Waals surface area contributed by atoms with E-state index < -0.39 is 0 Å². The summed E-state index contributed by atoms with van der Waals surface area (Å²) in [5.74, 6) is 0.698. The van der Waals surface area contributed by atoms with Crippen LogP contribution < -0.4 is 10.1 Å². The lowest BCUT2D eigenvalue weighted by Crippen LogP contribution is -2.12. The smallest absolute Gasteiger partial charge is 0.255 e. The van der Waals surface area contributed by atoms with E-state index in [9.17, 15) is 4.79 Å². The van der Waals surface area contributed by atoms with Gasteiger partial charge < -0.3 is 10.1 Å². The minimum atomic E-state index is -0.168. The van der Waals surface area contributed by atoms with Crippen molar-refractivity contribution in [2.24, 2.45) is 0 Å². The number of aromatic nitrogens is 1. The molecule has 0 fully saturated rings.